The molecular weight excluding hydrogens is 290 g/mol. The molecule has 2 aromatic rings. The first-order valence-electron chi connectivity index (χ1n) is 8.21. The third kappa shape index (κ3) is 3.01. The number of hydrogen-bond acceptors (Lipinski definition) is 4. The molecular formula is C18H21N3O2. The second kappa shape index (κ2) is 5.81. The van der Waals surface area contributed by atoms with Crippen LogP contribution >= 0.6 is 0 Å². The van der Waals surface area contributed by atoms with Crippen LogP contribution in [-0.2, 0) is 0 Å². The van der Waals surface area contributed by atoms with Crippen LogP contribution in [0.1, 0.15) is 46.5 Å². The van der Waals surface area contributed by atoms with Crippen molar-refractivity contribution in [2.24, 2.45) is 0 Å². The maximum atomic E-state index is 12.5. The first-order chi connectivity index (χ1) is 11.2. The van der Waals surface area contributed by atoms with Gasteiger partial charge in [-0.25, -0.2) is 0 Å². The van der Waals surface area contributed by atoms with Crippen LogP contribution in [0.25, 0.3) is 0 Å². The molecule has 1 aliphatic heterocycles. The molecule has 1 aliphatic carbocycles. The average molecular weight is 311 g/mol. The number of benzene rings is 1. The van der Waals surface area contributed by atoms with Gasteiger partial charge >= 0.3 is 0 Å². The zero-order chi connectivity index (χ0) is 15.8. The molecule has 0 bridgehead atoms. The maximum absolute atomic E-state index is 12.5. The van der Waals surface area contributed by atoms with E-state index in [4.69, 9.17) is 4.52 Å². The van der Waals surface area contributed by atoms with Crippen molar-refractivity contribution >= 4 is 5.91 Å². The Labute approximate surface area is 135 Å². The fourth-order valence-electron chi connectivity index (χ4n) is 3.38. The van der Waals surface area contributed by atoms with Gasteiger partial charge in [0.15, 0.2) is 5.69 Å². The van der Waals surface area contributed by atoms with E-state index in [1.54, 1.807) is 6.07 Å². The summed E-state index contributed by atoms with van der Waals surface area (Å²) in [7, 11) is 2.09. The van der Waals surface area contributed by atoms with Gasteiger partial charge in [-0.1, -0.05) is 35.5 Å². The lowest BCUT2D eigenvalue weighted by Gasteiger charge is -2.19. The Morgan fingerprint density at radius 3 is 2.78 bits per heavy atom. The van der Waals surface area contributed by atoms with Gasteiger partial charge in [0.25, 0.3) is 5.91 Å². The van der Waals surface area contributed by atoms with Gasteiger partial charge in [0, 0.05) is 37.0 Å². The lowest BCUT2D eigenvalue weighted by molar-refractivity contribution is 0.0926. The van der Waals surface area contributed by atoms with Gasteiger partial charge in [-0.05, 0) is 25.5 Å². The molecule has 23 heavy (non-hydrogen) atoms. The second-order valence-corrected chi connectivity index (χ2v) is 6.71. The Balaban J connectivity index is 1.48. The van der Waals surface area contributed by atoms with Crippen LogP contribution in [0.15, 0.2) is 40.9 Å². The van der Waals surface area contributed by atoms with E-state index in [1.807, 2.05) is 18.2 Å². The summed E-state index contributed by atoms with van der Waals surface area (Å²) in [4.78, 5) is 14.7. The van der Waals surface area contributed by atoms with Gasteiger partial charge in [-0.15, -0.1) is 0 Å². The zero-order valence-electron chi connectivity index (χ0n) is 13.2. The molecule has 1 amide bonds. The van der Waals surface area contributed by atoms with Crippen molar-refractivity contribution in [1.29, 1.82) is 0 Å². The Kier molecular flexibility index (Phi) is 3.65. The third-order valence-corrected chi connectivity index (χ3v) is 4.79. The van der Waals surface area contributed by atoms with E-state index >= 15 is 0 Å². The van der Waals surface area contributed by atoms with Gasteiger partial charge in [0.2, 0.25) is 0 Å². The summed E-state index contributed by atoms with van der Waals surface area (Å²) in [5.41, 5.74) is 1.66. The van der Waals surface area contributed by atoms with Crippen molar-refractivity contribution in [2.45, 2.75) is 30.7 Å². The van der Waals surface area contributed by atoms with Gasteiger partial charge in [0.05, 0.1) is 0 Å². The molecule has 4 rings (SSSR count). The maximum Gasteiger partial charge on any atom is 0.273 e. The number of nitrogens with zero attached hydrogens (tertiary/aromatic N) is 2. The fourth-order valence-corrected chi connectivity index (χ4v) is 3.38. The largest absolute Gasteiger partial charge is 0.360 e. The van der Waals surface area contributed by atoms with E-state index in [9.17, 15) is 4.79 Å². The summed E-state index contributed by atoms with van der Waals surface area (Å²) in [5.74, 6) is 1.49. The number of hydrogen-bond donors (Lipinski definition) is 1. The fraction of sp³-hybridized carbons (Fsp3) is 0.444. The molecule has 2 aliphatic rings. The molecule has 2 heterocycles. The number of likely N-dealkylation sites (N-methyl/N-ethyl adjacent to an activating group) is 1. The molecule has 5 heteroatoms. The number of nitrogens with one attached hydrogen (secondary N) is 1. The van der Waals surface area contributed by atoms with Crippen LogP contribution in [0.3, 0.4) is 0 Å². The number of aromatic nitrogens is 1. The van der Waals surface area contributed by atoms with E-state index < -0.39 is 0 Å². The van der Waals surface area contributed by atoms with E-state index in [2.05, 4.69) is 34.6 Å². The Morgan fingerprint density at radius 1 is 1.26 bits per heavy atom. The standard InChI is InChI=1S/C18H21N3O2/c1-21-10-14(12-5-3-2-4-6-12)16(11-21)19-18(22)15-9-17(23-20-15)13-7-8-13/h2-6,9,13-14,16H,7-8,10-11H2,1H3,(H,19,22). The van der Waals surface area contributed by atoms with E-state index in [0.29, 0.717) is 17.5 Å². The topological polar surface area (TPSA) is 58.4 Å². The van der Waals surface area contributed by atoms with Crippen molar-refractivity contribution in [3.63, 3.8) is 0 Å². The van der Waals surface area contributed by atoms with Crippen molar-refractivity contribution in [1.82, 2.24) is 15.4 Å². The molecule has 2 fully saturated rings. The first-order valence-corrected chi connectivity index (χ1v) is 8.21. The highest BCUT2D eigenvalue weighted by Crippen LogP contribution is 2.40. The summed E-state index contributed by atoms with van der Waals surface area (Å²) >= 11 is 0. The van der Waals surface area contributed by atoms with Crippen LogP contribution < -0.4 is 5.32 Å². The van der Waals surface area contributed by atoms with Gasteiger partial charge in [-0.2, -0.15) is 0 Å². The van der Waals surface area contributed by atoms with E-state index in [-0.39, 0.29) is 11.9 Å². The lowest BCUT2D eigenvalue weighted by Crippen LogP contribution is -2.39. The molecule has 1 aromatic carbocycles. The molecule has 0 radical (unpaired) electrons. The monoisotopic (exact) mass is 311 g/mol. The molecule has 1 aromatic heterocycles. The van der Waals surface area contributed by atoms with Gasteiger partial charge in [0.1, 0.15) is 5.76 Å². The quantitative estimate of drug-likeness (QED) is 0.942. The number of likely N-dealkylation sites (tertiary alicyclic amines) is 1. The van der Waals surface area contributed by atoms with E-state index in [1.165, 1.54) is 5.56 Å². The normalized spacial score (nSPS) is 24.7. The minimum absolute atomic E-state index is 0.0935. The van der Waals surface area contributed by atoms with Crippen molar-refractivity contribution in [2.75, 3.05) is 20.1 Å². The number of carbonyl (C=O) groups is 1. The SMILES string of the molecule is CN1CC(NC(=O)c2cc(C3CC3)on2)C(c2ccccc2)C1. The summed E-state index contributed by atoms with van der Waals surface area (Å²) in [6.07, 6.45) is 2.28. The summed E-state index contributed by atoms with van der Waals surface area (Å²) in [6, 6.07) is 12.3. The highest BCUT2D eigenvalue weighted by Gasteiger charge is 2.34. The number of amides is 1. The van der Waals surface area contributed by atoms with Crippen LogP contribution in [0.4, 0.5) is 0 Å². The first kappa shape index (κ1) is 14.5. The minimum Gasteiger partial charge on any atom is -0.360 e. The highest BCUT2D eigenvalue weighted by atomic mass is 16.5. The summed E-state index contributed by atoms with van der Waals surface area (Å²) in [6.45, 7) is 1.79. The Bertz CT molecular complexity index is 693. The van der Waals surface area contributed by atoms with Crippen molar-refractivity contribution in [3.8, 4) is 0 Å². The number of carbonyl (C=O) groups excluding carboxylic acids is 1. The van der Waals surface area contributed by atoms with Gasteiger partial charge < -0.3 is 14.7 Å². The Morgan fingerprint density at radius 2 is 2.04 bits per heavy atom. The molecule has 1 saturated heterocycles. The lowest BCUT2D eigenvalue weighted by atomic mass is 9.94. The molecule has 2 unspecified atom stereocenters. The summed E-state index contributed by atoms with van der Waals surface area (Å²) < 4.78 is 5.29. The molecule has 120 valence electrons. The highest BCUT2D eigenvalue weighted by molar-refractivity contribution is 5.92. The van der Waals surface area contributed by atoms with Crippen LogP contribution in [0.2, 0.25) is 0 Å². The third-order valence-electron chi connectivity index (χ3n) is 4.79. The predicted octanol–water partition coefficient (Wildman–Crippen LogP) is 2.38. The van der Waals surface area contributed by atoms with E-state index in [0.717, 1.165) is 31.7 Å². The van der Waals surface area contributed by atoms with Crippen molar-refractivity contribution < 1.29 is 9.32 Å². The molecule has 1 saturated carbocycles. The molecule has 2 atom stereocenters. The molecule has 5 nitrogen and oxygen atoms in total. The minimum atomic E-state index is -0.137. The molecule has 1 N–H and O–H groups in total. The number of rotatable bonds is 4. The van der Waals surface area contributed by atoms with Crippen molar-refractivity contribution in [3.05, 3.63) is 53.4 Å². The second-order valence-electron chi connectivity index (χ2n) is 6.71. The summed E-state index contributed by atoms with van der Waals surface area (Å²) in [5, 5.41) is 7.08. The zero-order valence-corrected chi connectivity index (χ0v) is 13.2. The van der Waals surface area contributed by atoms with Gasteiger partial charge in [-0.3, -0.25) is 4.79 Å². The smallest absolute Gasteiger partial charge is 0.273 e. The molecule has 0 spiro atoms. The Hall–Kier alpha value is -2.14. The predicted molar refractivity (Wildman–Crippen MR) is 86.4 cm³/mol. The van der Waals surface area contributed by atoms with Crippen LogP contribution in [-0.4, -0.2) is 42.1 Å². The van der Waals surface area contributed by atoms with Crippen LogP contribution in [0, 0.1) is 0 Å². The average Bonchev–Trinajstić information content (AvgIpc) is 3.17. The van der Waals surface area contributed by atoms with Crippen LogP contribution in [0.5, 0.6) is 0 Å².